The van der Waals surface area contributed by atoms with Crippen LogP contribution in [0.4, 0.5) is 0 Å². The summed E-state index contributed by atoms with van der Waals surface area (Å²) in [5, 5.41) is 14.5. The first-order valence-corrected chi connectivity index (χ1v) is 8.25. The number of hydrogen-bond donors (Lipinski definition) is 2. The fourth-order valence-corrected chi connectivity index (χ4v) is 3.60. The molecule has 2 N–H and O–H groups in total. The van der Waals surface area contributed by atoms with Gasteiger partial charge in [0.1, 0.15) is 6.33 Å². The second kappa shape index (κ2) is 6.55. The topological polar surface area (TPSA) is 87.4 Å². The summed E-state index contributed by atoms with van der Waals surface area (Å²) in [4.78, 5) is 18.3. The van der Waals surface area contributed by atoms with Crippen molar-refractivity contribution in [1.82, 2.24) is 30.3 Å². The maximum absolute atomic E-state index is 11.6. The number of guanidine groups is 1. The van der Waals surface area contributed by atoms with E-state index in [0.29, 0.717) is 13.0 Å². The van der Waals surface area contributed by atoms with E-state index in [1.807, 2.05) is 4.57 Å². The summed E-state index contributed by atoms with van der Waals surface area (Å²) < 4.78 is 2.01. The van der Waals surface area contributed by atoms with Gasteiger partial charge in [0.25, 0.3) is 0 Å². The standard InChI is InChI=1S/C15H25N7O/c1-3-21-11-19-20-12(21)8-17-14(16-2)22-6-4-5-15(10-22)7-13(23)18-9-15/h11H,3-10H2,1-2H3,(H,16,17)(H,18,23). The van der Waals surface area contributed by atoms with Crippen LogP contribution in [-0.4, -0.2) is 58.2 Å². The molecule has 2 saturated heterocycles. The number of likely N-dealkylation sites (tertiary alicyclic amines) is 1. The SMILES string of the molecule is CCn1cnnc1CNC(=NC)N1CCCC2(CNC(=O)C2)C1. The van der Waals surface area contributed by atoms with Gasteiger partial charge in [0, 0.05) is 45.1 Å². The molecule has 1 amide bonds. The van der Waals surface area contributed by atoms with Crippen molar-refractivity contribution in [3.63, 3.8) is 0 Å². The first-order valence-electron chi connectivity index (χ1n) is 8.25. The largest absolute Gasteiger partial charge is 0.355 e. The normalized spacial score (nSPS) is 25.0. The number of aliphatic imine (C=N–C) groups is 1. The highest BCUT2D eigenvalue weighted by molar-refractivity contribution is 5.81. The van der Waals surface area contributed by atoms with Crippen LogP contribution < -0.4 is 10.6 Å². The van der Waals surface area contributed by atoms with Crippen LogP contribution in [0.15, 0.2) is 11.3 Å². The van der Waals surface area contributed by atoms with Gasteiger partial charge in [-0.05, 0) is 19.8 Å². The van der Waals surface area contributed by atoms with Crippen molar-refractivity contribution in [3.8, 4) is 0 Å². The lowest BCUT2D eigenvalue weighted by atomic mass is 9.79. The van der Waals surface area contributed by atoms with Gasteiger partial charge in [0.2, 0.25) is 5.91 Å². The first kappa shape index (κ1) is 15.8. The van der Waals surface area contributed by atoms with Gasteiger partial charge in [-0.2, -0.15) is 0 Å². The molecule has 0 aliphatic carbocycles. The number of amides is 1. The van der Waals surface area contributed by atoms with Gasteiger partial charge in [-0.15, -0.1) is 10.2 Å². The van der Waals surface area contributed by atoms with Crippen molar-refractivity contribution in [3.05, 3.63) is 12.2 Å². The van der Waals surface area contributed by atoms with Crippen LogP contribution in [0, 0.1) is 5.41 Å². The predicted molar refractivity (Wildman–Crippen MR) is 86.8 cm³/mol. The van der Waals surface area contributed by atoms with Gasteiger partial charge < -0.3 is 20.1 Å². The van der Waals surface area contributed by atoms with E-state index in [-0.39, 0.29) is 11.3 Å². The minimum absolute atomic E-state index is 0.0659. The van der Waals surface area contributed by atoms with Crippen molar-refractivity contribution >= 4 is 11.9 Å². The zero-order chi connectivity index (χ0) is 16.3. The third-order valence-corrected chi connectivity index (χ3v) is 4.81. The molecule has 126 valence electrons. The number of hydrogen-bond acceptors (Lipinski definition) is 4. The molecule has 1 aromatic heterocycles. The Bertz CT molecular complexity index is 596. The predicted octanol–water partition coefficient (Wildman–Crippen LogP) is -0.0245. The number of nitrogens with zero attached hydrogens (tertiary/aromatic N) is 5. The van der Waals surface area contributed by atoms with Gasteiger partial charge in [0.15, 0.2) is 11.8 Å². The van der Waals surface area contributed by atoms with Crippen molar-refractivity contribution in [2.45, 2.75) is 39.3 Å². The summed E-state index contributed by atoms with van der Waals surface area (Å²) in [6, 6.07) is 0. The number of aryl methyl sites for hydroxylation is 1. The molecule has 8 heteroatoms. The van der Waals surface area contributed by atoms with Gasteiger partial charge in [-0.25, -0.2) is 0 Å². The molecule has 0 aromatic carbocycles. The van der Waals surface area contributed by atoms with Crippen molar-refractivity contribution in [2.75, 3.05) is 26.7 Å². The first-order chi connectivity index (χ1) is 11.2. The minimum atomic E-state index is 0.0659. The number of carbonyl (C=O) groups is 1. The minimum Gasteiger partial charge on any atom is -0.355 e. The van der Waals surface area contributed by atoms with Crippen molar-refractivity contribution < 1.29 is 4.79 Å². The van der Waals surface area contributed by atoms with E-state index >= 15 is 0 Å². The zero-order valence-electron chi connectivity index (χ0n) is 13.9. The van der Waals surface area contributed by atoms with Crippen LogP contribution >= 0.6 is 0 Å². The highest BCUT2D eigenvalue weighted by atomic mass is 16.1. The van der Waals surface area contributed by atoms with Crippen molar-refractivity contribution in [1.29, 1.82) is 0 Å². The molecule has 2 fully saturated rings. The van der Waals surface area contributed by atoms with Crippen LogP contribution in [0.3, 0.4) is 0 Å². The highest BCUT2D eigenvalue weighted by Crippen LogP contribution is 2.35. The van der Waals surface area contributed by atoms with Crippen LogP contribution in [0.2, 0.25) is 0 Å². The Morgan fingerprint density at radius 2 is 2.43 bits per heavy atom. The quantitative estimate of drug-likeness (QED) is 0.604. The van der Waals surface area contributed by atoms with E-state index in [1.54, 1.807) is 13.4 Å². The van der Waals surface area contributed by atoms with Crippen LogP contribution in [0.1, 0.15) is 32.0 Å². The van der Waals surface area contributed by atoms with E-state index in [1.165, 1.54) is 0 Å². The van der Waals surface area contributed by atoms with Gasteiger partial charge in [0.05, 0.1) is 6.54 Å². The van der Waals surface area contributed by atoms with Gasteiger partial charge in [-0.3, -0.25) is 9.79 Å². The molecular weight excluding hydrogens is 294 g/mol. The maximum atomic E-state index is 11.6. The fourth-order valence-electron chi connectivity index (χ4n) is 3.60. The molecule has 0 bridgehead atoms. The summed E-state index contributed by atoms with van der Waals surface area (Å²) >= 11 is 0. The smallest absolute Gasteiger partial charge is 0.220 e. The van der Waals surface area contributed by atoms with E-state index in [2.05, 4.69) is 37.6 Å². The summed E-state index contributed by atoms with van der Waals surface area (Å²) in [6.45, 7) is 6.13. The number of aromatic nitrogens is 3. The van der Waals surface area contributed by atoms with E-state index in [4.69, 9.17) is 0 Å². The fraction of sp³-hybridized carbons (Fsp3) is 0.733. The molecule has 1 unspecified atom stereocenters. The van der Waals surface area contributed by atoms with Crippen LogP contribution in [0.25, 0.3) is 0 Å². The second-order valence-electron chi connectivity index (χ2n) is 6.41. The molecule has 0 saturated carbocycles. The molecule has 1 atom stereocenters. The molecule has 23 heavy (non-hydrogen) atoms. The zero-order valence-corrected chi connectivity index (χ0v) is 13.9. The van der Waals surface area contributed by atoms with Crippen molar-refractivity contribution in [2.24, 2.45) is 10.4 Å². The molecule has 2 aliphatic heterocycles. The number of nitrogens with one attached hydrogen (secondary N) is 2. The molecule has 8 nitrogen and oxygen atoms in total. The summed E-state index contributed by atoms with van der Waals surface area (Å²) in [7, 11) is 1.80. The lowest BCUT2D eigenvalue weighted by molar-refractivity contribution is -0.119. The monoisotopic (exact) mass is 319 g/mol. The summed E-state index contributed by atoms with van der Waals surface area (Å²) in [5.41, 5.74) is 0.0659. The van der Waals surface area contributed by atoms with Crippen LogP contribution in [-0.2, 0) is 17.9 Å². The number of rotatable bonds is 3. The third-order valence-electron chi connectivity index (χ3n) is 4.81. The molecule has 1 aromatic rings. The highest BCUT2D eigenvalue weighted by Gasteiger charge is 2.42. The van der Waals surface area contributed by atoms with Gasteiger partial charge in [-0.1, -0.05) is 0 Å². The van der Waals surface area contributed by atoms with E-state index in [9.17, 15) is 4.79 Å². The van der Waals surface area contributed by atoms with E-state index < -0.39 is 0 Å². The Morgan fingerprint density at radius 1 is 1.57 bits per heavy atom. The Balaban J connectivity index is 1.63. The molecule has 3 rings (SSSR count). The average Bonchev–Trinajstić information content (AvgIpc) is 3.15. The Hall–Kier alpha value is -2.12. The Morgan fingerprint density at radius 3 is 3.13 bits per heavy atom. The van der Waals surface area contributed by atoms with Gasteiger partial charge >= 0.3 is 0 Å². The number of carbonyl (C=O) groups excluding carboxylic acids is 1. The lowest BCUT2D eigenvalue weighted by Crippen LogP contribution is -2.51. The Labute approximate surface area is 136 Å². The van der Waals surface area contributed by atoms with Crippen LogP contribution in [0.5, 0.6) is 0 Å². The summed E-state index contributed by atoms with van der Waals surface area (Å²) in [6.07, 6.45) is 4.56. The molecule has 1 spiro atoms. The lowest BCUT2D eigenvalue weighted by Gasteiger charge is -2.40. The Kier molecular flexibility index (Phi) is 4.49. The molecule has 0 radical (unpaired) electrons. The molecule has 2 aliphatic rings. The van der Waals surface area contributed by atoms with E-state index in [0.717, 1.165) is 50.8 Å². The maximum Gasteiger partial charge on any atom is 0.220 e. The molecular formula is C15H25N7O. The third kappa shape index (κ3) is 3.30. The number of piperidine rings is 1. The second-order valence-corrected chi connectivity index (χ2v) is 6.41. The molecule has 3 heterocycles. The summed E-state index contributed by atoms with van der Waals surface area (Å²) in [5.74, 6) is 1.94. The average molecular weight is 319 g/mol.